The Morgan fingerprint density at radius 2 is 2.03 bits per heavy atom. The lowest BCUT2D eigenvalue weighted by Crippen LogP contribution is -2.46. The number of rotatable bonds is 6. The van der Waals surface area contributed by atoms with Gasteiger partial charge in [-0.05, 0) is 43.1 Å². The number of piperidine rings is 1. The summed E-state index contributed by atoms with van der Waals surface area (Å²) in [5.74, 6) is -0.582. The number of carbonyl (C=O) groups excluding carboxylic acids is 1. The van der Waals surface area contributed by atoms with Crippen LogP contribution >= 0.6 is 0 Å². The lowest BCUT2D eigenvalue weighted by Gasteiger charge is -2.35. The number of hydrogen-bond acceptors (Lipinski definition) is 3. The molecule has 1 amide bonds. The van der Waals surface area contributed by atoms with Crippen LogP contribution in [0.2, 0.25) is 0 Å². The molecule has 0 bridgehead atoms. The number of nitrogens with zero attached hydrogens (tertiary/aromatic N) is 2. The molecule has 1 fully saturated rings. The maximum atomic E-state index is 12.8. The highest BCUT2D eigenvalue weighted by molar-refractivity contribution is 5.97. The molecule has 5 nitrogen and oxygen atoms in total. The van der Waals surface area contributed by atoms with Crippen LogP contribution in [0.4, 0.5) is 8.78 Å². The van der Waals surface area contributed by atoms with Gasteiger partial charge in [0, 0.05) is 24.7 Å². The number of imidazole rings is 1. The van der Waals surface area contributed by atoms with Crippen LogP contribution in [-0.4, -0.2) is 39.9 Å². The zero-order chi connectivity index (χ0) is 20.2. The number of aromatic nitrogens is 2. The van der Waals surface area contributed by atoms with Crippen LogP contribution in [0, 0.1) is 0 Å². The van der Waals surface area contributed by atoms with Crippen molar-refractivity contribution in [1.29, 1.82) is 0 Å². The van der Waals surface area contributed by atoms with Gasteiger partial charge in [-0.1, -0.05) is 36.8 Å². The number of amides is 1. The highest BCUT2D eigenvalue weighted by atomic mass is 19.3. The number of aromatic amines is 1. The topological polar surface area (TPSA) is 61.0 Å². The summed E-state index contributed by atoms with van der Waals surface area (Å²) < 4.78 is 25.6. The molecule has 1 aliphatic rings. The first-order valence-electron chi connectivity index (χ1n) is 9.94. The normalized spacial score (nSPS) is 17.7. The zero-order valence-corrected chi connectivity index (χ0v) is 16.1. The quantitative estimate of drug-likeness (QED) is 0.651. The summed E-state index contributed by atoms with van der Waals surface area (Å²) in [4.78, 5) is 21.5. The van der Waals surface area contributed by atoms with E-state index in [0.717, 1.165) is 25.9 Å². The van der Waals surface area contributed by atoms with Crippen LogP contribution in [0.3, 0.4) is 0 Å². The number of benzene rings is 2. The van der Waals surface area contributed by atoms with Crippen molar-refractivity contribution in [2.45, 2.75) is 38.3 Å². The molecule has 1 aromatic heterocycles. The minimum atomic E-state index is -2.67. The number of alkyl halides is 2. The Balaban J connectivity index is 1.40. The van der Waals surface area contributed by atoms with Gasteiger partial charge in [0.2, 0.25) is 0 Å². The van der Waals surface area contributed by atoms with Crippen LogP contribution in [0.5, 0.6) is 0 Å². The summed E-state index contributed by atoms with van der Waals surface area (Å²) in [7, 11) is 0. The number of likely N-dealkylation sites (tertiary alicyclic amines) is 1. The maximum absolute atomic E-state index is 12.8. The molecule has 1 atom stereocenters. The third-order valence-corrected chi connectivity index (χ3v) is 5.44. The number of hydrogen-bond donors (Lipinski definition) is 2. The van der Waals surface area contributed by atoms with Gasteiger partial charge in [-0.15, -0.1) is 0 Å². The molecular formula is C22H24F2N4O. The summed E-state index contributed by atoms with van der Waals surface area (Å²) in [6, 6.07) is 15.4. The third-order valence-electron chi connectivity index (χ3n) is 5.44. The predicted molar refractivity (Wildman–Crippen MR) is 108 cm³/mol. The van der Waals surface area contributed by atoms with Gasteiger partial charge in [-0.25, -0.2) is 13.8 Å². The lowest BCUT2D eigenvalue weighted by molar-refractivity contribution is 0.0907. The number of halogens is 2. The average molecular weight is 398 g/mol. The van der Waals surface area contributed by atoms with E-state index in [1.54, 1.807) is 18.2 Å². The smallest absolute Gasteiger partial charge is 0.295 e. The summed E-state index contributed by atoms with van der Waals surface area (Å²) in [6.45, 7) is 2.46. The van der Waals surface area contributed by atoms with Gasteiger partial charge in [-0.3, -0.25) is 9.69 Å². The van der Waals surface area contributed by atoms with Gasteiger partial charge in [0.05, 0.1) is 11.0 Å². The fourth-order valence-corrected chi connectivity index (χ4v) is 3.90. The summed E-state index contributed by atoms with van der Waals surface area (Å²) in [6.07, 6.45) is 0.703. The highest BCUT2D eigenvalue weighted by Gasteiger charge is 2.23. The van der Waals surface area contributed by atoms with E-state index in [4.69, 9.17) is 0 Å². The van der Waals surface area contributed by atoms with Crippen LogP contribution in [0.15, 0.2) is 48.5 Å². The summed E-state index contributed by atoms with van der Waals surface area (Å²) >= 11 is 0. The van der Waals surface area contributed by atoms with E-state index in [0.29, 0.717) is 23.1 Å². The minimum absolute atomic E-state index is 0.203. The molecule has 152 valence electrons. The third kappa shape index (κ3) is 4.62. The molecule has 2 aromatic carbocycles. The van der Waals surface area contributed by atoms with Gasteiger partial charge in [0.1, 0.15) is 0 Å². The molecule has 1 aliphatic heterocycles. The fraction of sp³-hybridized carbons (Fsp3) is 0.364. The van der Waals surface area contributed by atoms with E-state index < -0.39 is 6.43 Å². The van der Waals surface area contributed by atoms with Gasteiger partial charge < -0.3 is 10.3 Å². The molecule has 4 rings (SSSR count). The van der Waals surface area contributed by atoms with Crippen molar-refractivity contribution in [1.82, 2.24) is 20.2 Å². The second kappa shape index (κ2) is 8.69. The zero-order valence-electron chi connectivity index (χ0n) is 16.1. The van der Waals surface area contributed by atoms with Gasteiger partial charge in [-0.2, -0.15) is 0 Å². The Labute approximate surface area is 168 Å². The highest BCUT2D eigenvalue weighted by Crippen LogP contribution is 2.21. The van der Waals surface area contributed by atoms with Crippen LogP contribution in [-0.2, 0) is 6.54 Å². The molecule has 29 heavy (non-hydrogen) atoms. The molecule has 3 aromatic rings. The number of nitrogens with one attached hydrogen (secondary N) is 2. The monoisotopic (exact) mass is 398 g/mol. The Bertz CT molecular complexity index is 973. The van der Waals surface area contributed by atoms with E-state index >= 15 is 0 Å². The lowest BCUT2D eigenvalue weighted by atomic mass is 10.0. The summed E-state index contributed by atoms with van der Waals surface area (Å²) in [5, 5.41) is 3.02. The number of H-pyrrole nitrogens is 1. The minimum Gasteiger partial charge on any atom is -0.350 e. The molecule has 0 radical (unpaired) electrons. The van der Waals surface area contributed by atoms with E-state index in [1.165, 1.54) is 12.0 Å². The largest absolute Gasteiger partial charge is 0.350 e. The first kappa shape index (κ1) is 19.5. The first-order chi connectivity index (χ1) is 14.1. The fourth-order valence-electron chi connectivity index (χ4n) is 3.90. The van der Waals surface area contributed by atoms with Crippen molar-refractivity contribution in [3.8, 4) is 0 Å². The van der Waals surface area contributed by atoms with Gasteiger partial charge in [0.15, 0.2) is 5.82 Å². The SMILES string of the molecule is O=C(NCC1CCCCN1Cc1ccccc1)c1ccc2nc(C(F)F)[nH]c2c1. The van der Waals surface area contributed by atoms with Crippen molar-refractivity contribution in [3.05, 3.63) is 65.5 Å². The van der Waals surface area contributed by atoms with E-state index in [-0.39, 0.29) is 17.8 Å². The molecular weight excluding hydrogens is 374 g/mol. The van der Waals surface area contributed by atoms with Crippen LogP contribution in [0.25, 0.3) is 11.0 Å². The molecule has 0 saturated carbocycles. The predicted octanol–water partition coefficient (Wildman–Crippen LogP) is 4.29. The van der Waals surface area contributed by atoms with Gasteiger partial charge >= 0.3 is 0 Å². The number of carbonyl (C=O) groups is 1. The van der Waals surface area contributed by atoms with Gasteiger partial charge in [0.25, 0.3) is 12.3 Å². The van der Waals surface area contributed by atoms with E-state index in [1.807, 2.05) is 18.2 Å². The Kier molecular flexibility index (Phi) is 5.85. The average Bonchev–Trinajstić information content (AvgIpc) is 3.17. The molecule has 7 heteroatoms. The number of fused-ring (bicyclic) bond motifs is 1. The molecule has 2 N–H and O–H groups in total. The second-order valence-electron chi connectivity index (χ2n) is 7.47. The van der Waals surface area contributed by atoms with Crippen LogP contribution < -0.4 is 5.32 Å². The summed E-state index contributed by atoms with van der Waals surface area (Å²) in [5.41, 5.74) is 2.58. The van der Waals surface area contributed by atoms with Crippen molar-refractivity contribution in [2.24, 2.45) is 0 Å². The molecule has 0 aliphatic carbocycles. The molecule has 0 spiro atoms. The molecule has 1 unspecified atom stereocenters. The van der Waals surface area contributed by atoms with Crippen LogP contribution in [0.1, 0.15) is 47.4 Å². The molecule has 2 heterocycles. The maximum Gasteiger partial charge on any atom is 0.295 e. The van der Waals surface area contributed by atoms with Crippen molar-refractivity contribution >= 4 is 16.9 Å². The van der Waals surface area contributed by atoms with Crippen molar-refractivity contribution < 1.29 is 13.6 Å². The molecule has 1 saturated heterocycles. The Hall–Kier alpha value is -2.80. The van der Waals surface area contributed by atoms with E-state index in [9.17, 15) is 13.6 Å². The van der Waals surface area contributed by atoms with Crippen molar-refractivity contribution in [3.63, 3.8) is 0 Å². The second-order valence-corrected chi connectivity index (χ2v) is 7.47. The Morgan fingerprint density at radius 1 is 1.21 bits per heavy atom. The Morgan fingerprint density at radius 3 is 2.83 bits per heavy atom. The first-order valence-corrected chi connectivity index (χ1v) is 9.94. The van der Waals surface area contributed by atoms with E-state index in [2.05, 4.69) is 32.3 Å². The van der Waals surface area contributed by atoms with Crippen molar-refractivity contribution in [2.75, 3.05) is 13.1 Å². The standard InChI is InChI=1S/C22H24F2N4O/c23-20(24)21-26-18-10-9-16(12-19(18)27-21)22(29)25-13-17-8-4-5-11-28(17)14-15-6-2-1-3-7-15/h1-3,6-7,9-10,12,17,20H,4-5,8,11,13-14H2,(H,25,29)(H,26,27).